The number of fused-ring (bicyclic) bond motifs is 2. The van der Waals surface area contributed by atoms with Crippen LogP contribution in [0.2, 0.25) is 0 Å². The van der Waals surface area contributed by atoms with Gasteiger partial charge in [0.1, 0.15) is 5.65 Å². The molecule has 0 unspecified atom stereocenters. The lowest BCUT2D eigenvalue weighted by molar-refractivity contribution is -0.0361. The highest BCUT2D eigenvalue weighted by Gasteiger charge is 2.35. The number of hydrogen-bond acceptors (Lipinski definition) is 5. The Bertz CT molecular complexity index is 1110. The summed E-state index contributed by atoms with van der Waals surface area (Å²) in [6.45, 7) is 0. The fourth-order valence-electron chi connectivity index (χ4n) is 3.54. The van der Waals surface area contributed by atoms with E-state index in [1.165, 1.54) is 0 Å². The van der Waals surface area contributed by atoms with E-state index in [0.29, 0.717) is 30.2 Å². The highest BCUT2D eigenvalue weighted by atomic mass is 19.3. The van der Waals surface area contributed by atoms with Crippen LogP contribution in [0.5, 0.6) is 0 Å². The van der Waals surface area contributed by atoms with Crippen molar-refractivity contribution in [1.29, 1.82) is 0 Å². The number of hydrogen-bond donors (Lipinski definition) is 2. The Morgan fingerprint density at radius 1 is 1.15 bits per heavy atom. The van der Waals surface area contributed by atoms with Crippen LogP contribution < -0.4 is 5.32 Å². The zero-order valence-corrected chi connectivity index (χ0v) is 14.4. The molecule has 0 aliphatic heterocycles. The fraction of sp³-hybridized carbons (Fsp3) is 0.333. The van der Waals surface area contributed by atoms with Crippen molar-refractivity contribution in [2.75, 3.05) is 5.32 Å². The highest BCUT2D eigenvalue weighted by Crippen LogP contribution is 2.34. The number of H-pyrrole nitrogens is 1. The third-order valence-electron chi connectivity index (χ3n) is 5.04. The minimum absolute atomic E-state index is 0.0237. The number of nitrogens with one attached hydrogen (secondary N) is 2. The molecule has 0 radical (unpaired) electrons. The molecule has 1 aliphatic carbocycles. The van der Waals surface area contributed by atoms with Crippen LogP contribution in [0.3, 0.4) is 0 Å². The van der Waals surface area contributed by atoms with E-state index in [9.17, 15) is 8.78 Å². The maximum atomic E-state index is 13.3. The SMILES string of the molecule is FC1(F)CCC(Nc2ncc3c(-c4cnc5nccn5c4)c[nH]c3n2)CC1. The van der Waals surface area contributed by atoms with Gasteiger partial charge in [-0.3, -0.25) is 4.40 Å². The zero-order valence-electron chi connectivity index (χ0n) is 14.4. The molecular weight excluding hydrogens is 352 g/mol. The summed E-state index contributed by atoms with van der Waals surface area (Å²) in [5, 5.41) is 4.05. The third-order valence-corrected chi connectivity index (χ3v) is 5.04. The number of anilines is 1. The fourth-order valence-corrected chi connectivity index (χ4v) is 3.54. The smallest absolute Gasteiger partial charge is 0.248 e. The lowest BCUT2D eigenvalue weighted by Gasteiger charge is -2.28. The number of halogens is 2. The predicted molar refractivity (Wildman–Crippen MR) is 96.7 cm³/mol. The van der Waals surface area contributed by atoms with Crippen LogP contribution >= 0.6 is 0 Å². The Balaban J connectivity index is 1.41. The summed E-state index contributed by atoms with van der Waals surface area (Å²) in [6, 6.07) is -0.0237. The van der Waals surface area contributed by atoms with E-state index in [4.69, 9.17) is 0 Å². The van der Waals surface area contributed by atoms with E-state index in [1.807, 2.05) is 23.0 Å². The molecule has 5 rings (SSSR count). The molecule has 0 aromatic carbocycles. The number of rotatable bonds is 3. The van der Waals surface area contributed by atoms with Gasteiger partial charge in [-0.25, -0.2) is 23.7 Å². The molecule has 27 heavy (non-hydrogen) atoms. The summed E-state index contributed by atoms with van der Waals surface area (Å²) in [5.74, 6) is -1.45. The summed E-state index contributed by atoms with van der Waals surface area (Å²) in [5.41, 5.74) is 2.55. The molecule has 2 N–H and O–H groups in total. The third kappa shape index (κ3) is 2.98. The number of aromatic amines is 1. The Kier molecular flexibility index (Phi) is 3.56. The van der Waals surface area contributed by atoms with Gasteiger partial charge >= 0.3 is 0 Å². The second-order valence-electron chi connectivity index (χ2n) is 6.91. The molecule has 0 amide bonds. The first-order chi connectivity index (χ1) is 13.1. The van der Waals surface area contributed by atoms with E-state index < -0.39 is 5.92 Å². The lowest BCUT2D eigenvalue weighted by Crippen LogP contribution is -2.32. The van der Waals surface area contributed by atoms with Crippen LogP contribution in [-0.2, 0) is 0 Å². The number of imidazole rings is 1. The summed E-state index contributed by atoms with van der Waals surface area (Å²) in [4.78, 5) is 20.5. The highest BCUT2D eigenvalue weighted by molar-refractivity contribution is 5.93. The molecule has 7 nitrogen and oxygen atoms in total. The average molecular weight is 369 g/mol. The average Bonchev–Trinajstić information content (AvgIpc) is 3.29. The summed E-state index contributed by atoms with van der Waals surface area (Å²) in [7, 11) is 0. The quantitative estimate of drug-likeness (QED) is 0.576. The molecule has 1 aliphatic rings. The van der Waals surface area contributed by atoms with Crippen LogP contribution in [0.25, 0.3) is 27.9 Å². The van der Waals surface area contributed by atoms with Gasteiger partial charge < -0.3 is 10.3 Å². The molecular formula is C18H17F2N7. The first-order valence-electron chi connectivity index (χ1n) is 8.85. The van der Waals surface area contributed by atoms with E-state index in [2.05, 4.69) is 30.2 Å². The number of aromatic nitrogens is 6. The Labute approximate surface area is 152 Å². The van der Waals surface area contributed by atoms with Gasteiger partial charge in [-0.15, -0.1) is 0 Å². The molecule has 4 aromatic heterocycles. The molecule has 0 saturated heterocycles. The van der Waals surface area contributed by atoms with Crippen molar-refractivity contribution in [1.82, 2.24) is 29.3 Å². The van der Waals surface area contributed by atoms with Gasteiger partial charge in [-0.1, -0.05) is 0 Å². The van der Waals surface area contributed by atoms with E-state index in [1.54, 1.807) is 18.6 Å². The second-order valence-corrected chi connectivity index (χ2v) is 6.91. The van der Waals surface area contributed by atoms with Crippen molar-refractivity contribution in [3.63, 3.8) is 0 Å². The predicted octanol–water partition coefficient (Wildman–Crippen LogP) is 3.66. The summed E-state index contributed by atoms with van der Waals surface area (Å²) in [6.07, 6.45) is 11.5. The Morgan fingerprint density at radius 3 is 2.85 bits per heavy atom. The Morgan fingerprint density at radius 2 is 2.00 bits per heavy atom. The maximum absolute atomic E-state index is 13.3. The monoisotopic (exact) mass is 369 g/mol. The van der Waals surface area contributed by atoms with Gasteiger partial charge in [0.05, 0.1) is 0 Å². The largest absolute Gasteiger partial charge is 0.351 e. The normalized spacial score (nSPS) is 17.6. The molecule has 0 spiro atoms. The molecule has 0 atom stereocenters. The van der Waals surface area contributed by atoms with Crippen molar-refractivity contribution in [2.24, 2.45) is 0 Å². The minimum Gasteiger partial charge on any atom is -0.351 e. The lowest BCUT2D eigenvalue weighted by atomic mass is 9.92. The van der Waals surface area contributed by atoms with Crippen LogP contribution in [0.15, 0.2) is 37.2 Å². The van der Waals surface area contributed by atoms with E-state index in [-0.39, 0.29) is 18.9 Å². The topological polar surface area (TPSA) is 83.8 Å². The molecule has 0 bridgehead atoms. The van der Waals surface area contributed by atoms with Crippen LogP contribution in [-0.4, -0.2) is 41.3 Å². The van der Waals surface area contributed by atoms with Crippen molar-refractivity contribution < 1.29 is 8.78 Å². The van der Waals surface area contributed by atoms with Crippen LogP contribution in [0, 0.1) is 0 Å². The van der Waals surface area contributed by atoms with Crippen molar-refractivity contribution in [3.8, 4) is 11.1 Å². The van der Waals surface area contributed by atoms with E-state index in [0.717, 1.165) is 16.5 Å². The number of alkyl halides is 2. The second kappa shape index (κ2) is 5.97. The summed E-state index contributed by atoms with van der Waals surface area (Å²) < 4.78 is 28.4. The number of nitrogens with zero attached hydrogens (tertiary/aromatic N) is 5. The molecule has 1 fully saturated rings. The van der Waals surface area contributed by atoms with Crippen molar-refractivity contribution in [3.05, 3.63) is 37.2 Å². The van der Waals surface area contributed by atoms with Gasteiger partial charge in [-0.2, -0.15) is 4.98 Å². The minimum atomic E-state index is -2.54. The summed E-state index contributed by atoms with van der Waals surface area (Å²) >= 11 is 0. The molecule has 9 heteroatoms. The van der Waals surface area contributed by atoms with E-state index >= 15 is 0 Å². The van der Waals surface area contributed by atoms with Crippen molar-refractivity contribution >= 4 is 22.8 Å². The molecule has 4 heterocycles. The first kappa shape index (κ1) is 16.1. The van der Waals surface area contributed by atoms with Gasteiger partial charge in [0, 0.05) is 72.6 Å². The van der Waals surface area contributed by atoms with Gasteiger partial charge in [-0.05, 0) is 12.8 Å². The first-order valence-corrected chi connectivity index (χ1v) is 8.85. The van der Waals surface area contributed by atoms with Gasteiger partial charge in [0.15, 0.2) is 0 Å². The van der Waals surface area contributed by atoms with Gasteiger partial charge in [0.25, 0.3) is 0 Å². The van der Waals surface area contributed by atoms with Crippen molar-refractivity contribution in [2.45, 2.75) is 37.6 Å². The molecule has 1 saturated carbocycles. The molecule has 138 valence electrons. The van der Waals surface area contributed by atoms with Crippen LogP contribution in [0.4, 0.5) is 14.7 Å². The standard InChI is InChI=1S/C18H17F2N7/c19-18(20)3-1-12(2-4-18)25-16-23-9-14-13(8-22-15(14)26-16)11-7-24-17-21-5-6-27(17)10-11/h5-10,12H,1-4H2,(H2,22,23,25,26). The zero-order chi connectivity index (χ0) is 18.4. The van der Waals surface area contributed by atoms with Gasteiger partial charge in [0.2, 0.25) is 17.6 Å². The maximum Gasteiger partial charge on any atom is 0.248 e. The van der Waals surface area contributed by atoms with Crippen LogP contribution in [0.1, 0.15) is 25.7 Å². The molecule has 4 aromatic rings. The Hall–Kier alpha value is -3.10.